The molecule has 1 rings (SSSR count). The van der Waals surface area contributed by atoms with Crippen LogP contribution in [-0.2, 0) is 0 Å². The summed E-state index contributed by atoms with van der Waals surface area (Å²) >= 11 is 0. The van der Waals surface area contributed by atoms with E-state index < -0.39 is 0 Å². The second-order valence-corrected chi connectivity index (χ2v) is 3.61. The standard InChI is InChI=1S/C11H17N.2CH4/c1-9(2)7-11-5-6-12(4)8-10(11)3;;/h7H,1,3,5-6,8H2,2,4H3;2*1H4/b11-7-;;. The number of hydrogen-bond acceptors (Lipinski definition) is 1. The van der Waals surface area contributed by atoms with Gasteiger partial charge in [-0.15, -0.1) is 0 Å². The highest BCUT2D eigenvalue weighted by atomic mass is 15.1. The van der Waals surface area contributed by atoms with Gasteiger partial charge in [-0.05, 0) is 31.5 Å². The molecule has 1 aliphatic rings. The zero-order valence-corrected chi connectivity index (χ0v) is 8.06. The minimum absolute atomic E-state index is 0. The first-order chi connectivity index (χ1) is 5.59. The van der Waals surface area contributed by atoms with E-state index in [1.807, 2.05) is 6.92 Å². The van der Waals surface area contributed by atoms with Crippen LogP contribution in [0.3, 0.4) is 0 Å². The van der Waals surface area contributed by atoms with Crippen LogP contribution in [0.5, 0.6) is 0 Å². The average molecular weight is 195 g/mol. The summed E-state index contributed by atoms with van der Waals surface area (Å²) in [6, 6.07) is 0. The molecule has 0 radical (unpaired) electrons. The van der Waals surface area contributed by atoms with Crippen LogP contribution in [0.2, 0.25) is 0 Å². The van der Waals surface area contributed by atoms with E-state index in [-0.39, 0.29) is 14.9 Å². The van der Waals surface area contributed by atoms with E-state index in [9.17, 15) is 0 Å². The Labute approximate surface area is 89.8 Å². The molecule has 0 aromatic heterocycles. The molecule has 1 aliphatic heterocycles. The van der Waals surface area contributed by atoms with Crippen molar-refractivity contribution in [3.05, 3.63) is 36.0 Å². The van der Waals surface area contributed by atoms with Gasteiger partial charge >= 0.3 is 0 Å². The van der Waals surface area contributed by atoms with Gasteiger partial charge in [-0.25, -0.2) is 0 Å². The van der Waals surface area contributed by atoms with Crippen molar-refractivity contribution in [3.8, 4) is 0 Å². The predicted octanol–water partition coefficient (Wildman–Crippen LogP) is 3.65. The zero-order valence-electron chi connectivity index (χ0n) is 8.06. The van der Waals surface area contributed by atoms with Crippen LogP contribution in [0.4, 0.5) is 0 Å². The van der Waals surface area contributed by atoms with E-state index in [1.54, 1.807) is 0 Å². The van der Waals surface area contributed by atoms with E-state index >= 15 is 0 Å². The van der Waals surface area contributed by atoms with Crippen LogP contribution in [0, 0.1) is 0 Å². The minimum Gasteiger partial charge on any atom is -0.302 e. The first-order valence-corrected chi connectivity index (χ1v) is 4.32. The molecule has 0 unspecified atom stereocenters. The van der Waals surface area contributed by atoms with E-state index in [0.29, 0.717) is 0 Å². The van der Waals surface area contributed by atoms with Gasteiger partial charge in [0.05, 0.1) is 0 Å². The van der Waals surface area contributed by atoms with Gasteiger partial charge in [-0.2, -0.15) is 0 Å². The molecule has 0 atom stereocenters. The van der Waals surface area contributed by atoms with E-state index in [4.69, 9.17) is 0 Å². The van der Waals surface area contributed by atoms with Crippen LogP contribution in [0.15, 0.2) is 36.0 Å². The smallest absolute Gasteiger partial charge is 0.0227 e. The van der Waals surface area contributed by atoms with Crippen LogP contribution in [0.25, 0.3) is 0 Å². The number of hydrogen-bond donors (Lipinski definition) is 0. The summed E-state index contributed by atoms with van der Waals surface area (Å²) in [4.78, 5) is 2.29. The molecule has 0 saturated carbocycles. The van der Waals surface area contributed by atoms with Crippen molar-refractivity contribution >= 4 is 0 Å². The third-order valence-electron chi connectivity index (χ3n) is 2.10. The molecule has 0 aromatic carbocycles. The maximum absolute atomic E-state index is 4.05. The molecule has 1 heterocycles. The van der Waals surface area contributed by atoms with E-state index in [1.165, 1.54) is 11.1 Å². The first kappa shape index (κ1) is 15.6. The van der Waals surface area contributed by atoms with Gasteiger partial charge in [0.1, 0.15) is 0 Å². The lowest BCUT2D eigenvalue weighted by Gasteiger charge is -2.26. The Bertz CT molecular complexity index is 236. The Morgan fingerprint density at radius 1 is 1.43 bits per heavy atom. The second kappa shape index (κ2) is 6.61. The third kappa shape index (κ3) is 4.43. The van der Waals surface area contributed by atoms with E-state index in [2.05, 4.69) is 31.2 Å². The molecule has 0 bridgehead atoms. The molecule has 0 N–H and O–H groups in total. The summed E-state index contributed by atoms with van der Waals surface area (Å²) in [5.41, 5.74) is 3.74. The lowest BCUT2D eigenvalue weighted by Crippen LogP contribution is -2.28. The monoisotopic (exact) mass is 195 g/mol. The molecule has 0 aromatic rings. The number of rotatable bonds is 1. The molecular formula is C13H25N. The molecule has 0 spiro atoms. The third-order valence-corrected chi connectivity index (χ3v) is 2.10. The van der Waals surface area contributed by atoms with E-state index in [0.717, 1.165) is 25.1 Å². The number of nitrogens with zero attached hydrogens (tertiary/aromatic N) is 1. The fraction of sp³-hybridized carbons (Fsp3) is 0.538. The van der Waals surface area contributed by atoms with Crippen LogP contribution in [0.1, 0.15) is 28.2 Å². The molecule has 1 nitrogen and oxygen atoms in total. The van der Waals surface area contributed by atoms with Crippen molar-refractivity contribution in [2.45, 2.75) is 28.2 Å². The highest BCUT2D eigenvalue weighted by Gasteiger charge is 2.12. The summed E-state index contributed by atoms with van der Waals surface area (Å²) in [5, 5.41) is 0. The predicted molar refractivity (Wildman–Crippen MR) is 67.6 cm³/mol. The maximum Gasteiger partial charge on any atom is 0.0227 e. The van der Waals surface area contributed by atoms with Crippen LogP contribution in [-0.4, -0.2) is 25.0 Å². The van der Waals surface area contributed by atoms with Crippen molar-refractivity contribution in [2.75, 3.05) is 20.1 Å². The molecule has 0 amide bonds. The number of likely N-dealkylation sites (N-methyl/N-ethyl adjacent to an activating group) is 1. The van der Waals surface area contributed by atoms with Crippen LogP contribution >= 0.6 is 0 Å². The maximum atomic E-state index is 4.05. The Balaban J connectivity index is 0. The summed E-state index contributed by atoms with van der Waals surface area (Å²) in [7, 11) is 2.13. The number of piperidine rings is 1. The molecule has 82 valence electrons. The van der Waals surface area contributed by atoms with Crippen LogP contribution < -0.4 is 0 Å². The Morgan fingerprint density at radius 3 is 2.43 bits per heavy atom. The van der Waals surface area contributed by atoms with Crippen molar-refractivity contribution in [1.82, 2.24) is 4.90 Å². The van der Waals surface area contributed by atoms with Gasteiger partial charge in [0, 0.05) is 13.1 Å². The van der Waals surface area contributed by atoms with Gasteiger partial charge in [-0.1, -0.05) is 39.7 Å². The van der Waals surface area contributed by atoms with Gasteiger partial charge in [0.2, 0.25) is 0 Å². The zero-order chi connectivity index (χ0) is 9.14. The van der Waals surface area contributed by atoms with Gasteiger partial charge in [0.25, 0.3) is 0 Å². The Morgan fingerprint density at radius 2 is 2.00 bits per heavy atom. The van der Waals surface area contributed by atoms with Crippen molar-refractivity contribution < 1.29 is 0 Å². The average Bonchev–Trinajstić information content (AvgIpc) is 1.94. The number of likely N-dealkylation sites (tertiary alicyclic amines) is 1. The Hall–Kier alpha value is -0.820. The minimum atomic E-state index is 0. The second-order valence-electron chi connectivity index (χ2n) is 3.61. The lowest BCUT2D eigenvalue weighted by molar-refractivity contribution is 0.348. The largest absolute Gasteiger partial charge is 0.302 e. The summed E-state index contributed by atoms with van der Waals surface area (Å²) < 4.78 is 0. The van der Waals surface area contributed by atoms with Gasteiger partial charge in [-0.3, -0.25) is 0 Å². The summed E-state index contributed by atoms with van der Waals surface area (Å²) in [6.45, 7) is 12.1. The van der Waals surface area contributed by atoms with Gasteiger partial charge < -0.3 is 4.90 Å². The fourth-order valence-corrected chi connectivity index (χ4v) is 1.47. The quantitative estimate of drug-likeness (QED) is 0.617. The molecule has 0 aliphatic carbocycles. The van der Waals surface area contributed by atoms with Crippen molar-refractivity contribution in [3.63, 3.8) is 0 Å². The molecule has 1 heteroatoms. The van der Waals surface area contributed by atoms with Gasteiger partial charge in [0.15, 0.2) is 0 Å². The molecular weight excluding hydrogens is 170 g/mol. The van der Waals surface area contributed by atoms with Crippen molar-refractivity contribution in [1.29, 1.82) is 0 Å². The highest BCUT2D eigenvalue weighted by Crippen LogP contribution is 2.20. The summed E-state index contributed by atoms with van der Waals surface area (Å²) in [6.07, 6.45) is 3.26. The highest BCUT2D eigenvalue weighted by molar-refractivity contribution is 5.36. The lowest BCUT2D eigenvalue weighted by atomic mass is 9.98. The Kier molecular flexibility index (Phi) is 7.38. The number of allylic oxidation sites excluding steroid dienone is 2. The molecule has 1 fully saturated rings. The topological polar surface area (TPSA) is 3.24 Å². The molecule has 1 saturated heterocycles. The van der Waals surface area contributed by atoms with Crippen molar-refractivity contribution in [2.24, 2.45) is 0 Å². The SMILES string of the molecule is C.C.C=C(C)/C=C1/CCN(C)CC1=C. The fourth-order valence-electron chi connectivity index (χ4n) is 1.47. The summed E-state index contributed by atoms with van der Waals surface area (Å²) in [5.74, 6) is 0. The molecule has 14 heavy (non-hydrogen) atoms. The normalized spacial score (nSPS) is 19.9. The first-order valence-electron chi connectivity index (χ1n) is 4.32.